The molecule has 16 heavy (non-hydrogen) atoms. The molecule has 90 valence electrons. The van der Waals surface area contributed by atoms with Gasteiger partial charge in [-0.1, -0.05) is 13.8 Å². The lowest BCUT2D eigenvalue weighted by atomic mass is 9.89. The van der Waals surface area contributed by atoms with Crippen molar-refractivity contribution in [3.63, 3.8) is 0 Å². The molecule has 1 fully saturated rings. The smallest absolute Gasteiger partial charge is 0.113 e. The second-order valence-electron chi connectivity index (χ2n) is 5.02. The van der Waals surface area contributed by atoms with Crippen molar-refractivity contribution in [2.45, 2.75) is 51.2 Å². The fraction of sp³-hybridized carbons (Fsp3) is 0.750. The summed E-state index contributed by atoms with van der Waals surface area (Å²) >= 11 is 1.69. The molecular formula is C12H20N2OS. The molecule has 1 aromatic heterocycles. The Kier molecular flexibility index (Phi) is 3.33. The Balaban J connectivity index is 2.21. The van der Waals surface area contributed by atoms with Crippen molar-refractivity contribution in [1.29, 1.82) is 0 Å². The quantitative estimate of drug-likeness (QED) is 0.864. The monoisotopic (exact) mass is 240 g/mol. The Hall–Kier alpha value is -0.450. The summed E-state index contributed by atoms with van der Waals surface area (Å²) in [7, 11) is 0. The maximum Gasteiger partial charge on any atom is 0.113 e. The molecular weight excluding hydrogens is 220 g/mol. The van der Waals surface area contributed by atoms with Crippen LogP contribution in [0, 0.1) is 0 Å². The minimum absolute atomic E-state index is 0.241. The molecule has 0 saturated carbocycles. The summed E-state index contributed by atoms with van der Waals surface area (Å²) in [6.07, 6.45) is 1.99. The number of thiazole rings is 1. The lowest BCUT2D eigenvalue weighted by Crippen LogP contribution is -2.44. The third-order valence-corrected chi connectivity index (χ3v) is 4.22. The van der Waals surface area contributed by atoms with Crippen LogP contribution in [0.3, 0.4) is 0 Å². The second-order valence-corrected chi connectivity index (χ2v) is 5.88. The number of hydrogen-bond donors (Lipinski definition) is 1. The minimum Gasteiger partial charge on any atom is -0.378 e. The lowest BCUT2D eigenvalue weighted by molar-refractivity contribution is -0.00895. The van der Waals surface area contributed by atoms with E-state index in [4.69, 9.17) is 10.5 Å². The van der Waals surface area contributed by atoms with E-state index in [1.54, 1.807) is 11.3 Å². The van der Waals surface area contributed by atoms with Gasteiger partial charge >= 0.3 is 0 Å². The summed E-state index contributed by atoms with van der Waals surface area (Å²) in [5.41, 5.74) is 7.34. The zero-order chi connectivity index (χ0) is 11.8. The van der Waals surface area contributed by atoms with E-state index in [9.17, 15) is 0 Å². The molecule has 0 radical (unpaired) electrons. The van der Waals surface area contributed by atoms with Gasteiger partial charge in [0.25, 0.3) is 0 Å². The molecule has 2 rings (SSSR count). The fourth-order valence-corrected chi connectivity index (χ4v) is 3.23. The predicted octanol–water partition coefficient (Wildman–Crippen LogP) is 2.62. The Morgan fingerprint density at radius 3 is 2.94 bits per heavy atom. The maximum absolute atomic E-state index is 6.45. The molecule has 0 spiro atoms. The van der Waals surface area contributed by atoms with Gasteiger partial charge in [0.15, 0.2) is 0 Å². The molecule has 2 N–H and O–H groups in total. The minimum atomic E-state index is -0.268. The van der Waals surface area contributed by atoms with E-state index in [0.717, 1.165) is 30.2 Å². The van der Waals surface area contributed by atoms with Crippen LogP contribution in [0.4, 0.5) is 0 Å². The van der Waals surface area contributed by atoms with Crippen LogP contribution in [0.25, 0.3) is 0 Å². The molecule has 0 aliphatic carbocycles. The molecule has 4 heteroatoms. The van der Waals surface area contributed by atoms with E-state index in [2.05, 4.69) is 31.1 Å². The molecule has 2 atom stereocenters. The van der Waals surface area contributed by atoms with Crippen molar-refractivity contribution in [3.8, 4) is 0 Å². The third kappa shape index (κ3) is 2.29. The maximum atomic E-state index is 6.45. The van der Waals surface area contributed by atoms with Crippen molar-refractivity contribution in [2.75, 3.05) is 6.61 Å². The van der Waals surface area contributed by atoms with Crippen molar-refractivity contribution < 1.29 is 4.74 Å². The van der Waals surface area contributed by atoms with Gasteiger partial charge < -0.3 is 10.5 Å². The molecule has 0 bridgehead atoms. The molecule has 2 unspecified atom stereocenters. The fourth-order valence-electron chi connectivity index (χ4n) is 2.09. The Morgan fingerprint density at radius 1 is 1.62 bits per heavy atom. The van der Waals surface area contributed by atoms with Crippen LogP contribution in [-0.2, 0) is 10.3 Å². The molecule has 1 aliphatic rings. The zero-order valence-electron chi connectivity index (χ0n) is 10.2. The predicted molar refractivity (Wildman–Crippen MR) is 66.7 cm³/mol. The van der Waals surface area contributed by atoms with Gasteiger partial charge in [-0.25, -0.2) is 4.98 Å². The van der Waals surface area contributed by atoms with E-state index < -0.39 is 0 Å². The summed E-state index contributed by atoms with van der Waals surface area (Å²) in [5, 5.41) is 3.21. The van der Waals surface area contributed by atoms with Gasteiger partial charge in [-0.05, 0) is 25.7 Å². The Morgan fingerprint density at radius 2 is 2.38 bits per heavy atom. The van der Waals surface area contributed by atoms with Crippen molar-refractivity contribution >= 4 is 11.3 Å². The van der Waals surface area contributed by atoms with Gasteiger partial charge in [0.05, 0.1) is 17.3 Å². The molecule has 0 aromatic carbocycles. The first-order valence-electron chi connectivity index (χ1n) is 5.87. The molecule has 2 heterocycles. The van der Waals surface area contributed by atoms with Gasteiger partial charge in [0.2, 0.25) is 0 Å². The summed E-state index contributed by atoms with van der Waals surface area (Å²) in [5.74, 6) is 0.478. The van der Waals surface area contributed by atoms with Gasteiger partial charge in [-0.3, -0.25) is 0 Å². The zero-order valence-corrected chi connectivity index (χ0v) is 11.0. The first-order chi connectivity index (χ1) is 7.51. The highest BCUT2D eigenvalue weighted by Gasteiger charge is 2.36. The van der Waals surface area contributed by atoms with Crippen LogP contribution >= 0.6 is 11.3 Å². The number of aromatic nitrogens is 1. The summed E-state index contributed by atoms with van der Waals surface area (Å²) < 4.78 is 5.55. The van der Waals surface area contributed by atoms with Crippen molar-refractivity contribution in [2.24, 2.45) is 5.73 Å². The van der Waals surface area contributed by atoms with Crippen LogP contribution in [0.15, 0.2) is 5.38 Å². The topological polar surface area (TPSA) is 48.1 Å². The molecule has 0 amide bonds. The molecule has 1 aliphatic heterocycles. The first-order valence-corrected chi connectivity index (χ1v) is 6.75. The van der Waals surface area contributed by atoms with Gasteiger partial charge in [-0.15, -0.1) is 11.3 Å². The Bertz CT molecular complexity index is 364. The highest BCUT2D eigenvalue weighted by molar-refractivity contribution is 7.09. The highest BCUT2D eigenvalue weighted by atomic mass is 32.1. The average molecular weight is 240 g/mol. The number of nitrogens with two attached hydrogens (primary N) is 1. The largest absolute Gasteiger partial charge is 0.378 e. The third-order valence-electron chi connectivity index (χ3n) is 3.14. The van der Waals surface area contributed by atoms with Gasteiger partial charge in [0, 0.05) is 12.0 Å². The summed E-state index contributed by atoms with van der Waals surface area (Å²) in [6.45, 7) is 7.15. The Labute approximate surface area is 101 Å². The standard InChI is InChI=1S/C12H20N2OS/c1-8(2)10-7-16-11(14-10)12(13)4-5-15-9(3)6-12/h7-9H,4-6,13H2,1-3H3. The van der Waals surface area contributed by atoms with Crippen LogP contribution in [0.1, 0.15) is 50.2 Å². The van der Waals surface area contributed by atoms with E-state index in [1.165, 1.54) is 0 Å². The van der Waals surface area contributed by atoms with E-state index >= 15 is 0 Å². The summed E-state index contributed by atoms with van der Waals surface area (Å²) in [4.78, 5) is 4.68. The van der Waals surface area contributed by atoms with E-state index in [0.29, 0.717) is 5.92 Å². The van der Waals surface area contributed by atoms with Crippen LogP contribution in [0.2, 0.25) is 0 Å². The van der Waals surface area contributed by atoms with Crippen LogP contribution < -0.4 is 5.73 Å². The summed E-state index contributed by atoms with van der Waals surface area (Å²) in [6, 6.07) is 0. The van der Waals surface area contributed by atoms with Gasteiger partial charge in [-0.2, -0.15) is 0 Å². The lowest BCUT2D eigenvalue weighted by Gasteiger charge is -2.35. The number of rotatable bonds is 2. The van der Waals surface area contributed by atoms with Crippen molar-refractivity contribution in [3.05, 3.63) is 16.1 Å². The average Bonchev–Trinajstić information content (AvgIpc) is 2.66. The second kappa shape index (κ2) is 4.43. The van der Waals surface area contributed by atoms with E-state index in [1.807, 2.05) is 0 Å². The van der Waals surface area contributed by atoms with Crippen LogP contribution in [-0.4, -0.2) is 17.7 Å². The molecule has 1 saturated heterocycles. The van der Waals surface area contributed by atoms with Crippen LogP contribution in [0.5, 0.6) is 0 Å². The van der Waals surface area contributed by atoms with Crippen molar-refractivity contribution in [1.82, 2.24) is 4.98 Å². The SMILES string of the molecule is CC1CC(N)(c2nc(C(C)C)cs2)CCO1. The van der Waals surface area contributed by atoms with E-state index in [-0.39, 0.29) is 11.6 Å². The number of ether oxygens (including phenoxy) is 1. The van der Waals surface area contributed by atoms with Gasteiger partial charge in [0.1, 0.15) is 5.01 Å². The normalized spacial score (nSPS) is 30.9. The first kappa shape index (κ1) is 12.0. The number of nitrogens with zero attached hydrogens (tertiary/aromatic N) is 1. The molecule has 3 nitrogen and oxygen atoms in total. The number of hydrogen-bond acceptors (Lipinski definition) is 4. The highest BCUT2D eigenvalue weighted by Crippen LogP contribution is 2.34. The molecule has 1 aromatic rings.